The molecule has 118 valence electrons. The van der Waals surface area contributed by atoms with Gasteiger partial charge >= 0.3 is 5.69 Å². The fraction of sp³-hybridized carbons (Fsp3) is 0.714. The van der Waals surface area contributed by atoms with Crippen molar-refractivity contribution in [2.75, 3.05) is 23.3 Å². The van der Waals surface area contributed by atoms with Gasteiger partial charge in [0, 0.05) is 25.4 Å². The van der Waals surface area contributed by atoms with Gasteiger partial charge in [0.15, 0.2) is 0 Å². The highest BCUT2D eigenvalue weighted by Crippen LogP contribution is 2.26. The topological polar surface area (TPSA) is 82.0 Å². The monoisotopic (exact) mass is 312 g/mol. The molecule has 1 aliphatic heterocycles. The molecule has 21 heavy (non-hydrogen) atoms. The Labute approximate surface area is 128 Å². The fourth-order valence-corrected chi connectivity index (χ4v) is 3.71. The van der Waals surface area contributed by atoms with Gasteiger partial charge in [-0.3, -0.25) is 13.9 Å². The summed E-state index contributed by atoms with van der Waals surface area (Å²) in [6.45, 7) is 5.24. The van der Waals surface area contributed by atoms with Crippen molar-refractivity contribution in [3.8, 4) is 0 Å². The second-order valence-electron chi connectivity index (χ2n) is 5.93. The molecule has 6 nitrogen and oxygen atoms in total. The number of nitrogens with one attached hydrogen (secondary N) is 1. The normalized spacial score (nSPS) is 18.4. The molecule has 1 saturated heterocycles. The summed E-state index contributed by atoms with van der Waals surface area (Å²) in [4.78, 5) is 24.4. The summed E-state index contributed by atoms with van der Waals surface area (Å²) >= 11 is 1.91. The molecule has 1 fully saturated rings. The fourth-order valence-electron chi connectivity index (χ4n) is 2.51. The Hall–Kier alpha value is -1.37. The van der Waals surface area contributed by atoms with Crippen molar-refractivity contribution in [2.45, 2.75) is 38.5 Å². The van der Waals surface area contributed by atoms with E-state index < -0.39 is 0 Å². The third-order valence-electron chi connectivity index (χ3n) is 3.66. The Balaban J connectivity index is 2.32. The summed E-state index contributed by atoms with van der Waals surface area (Å²) in [6.07, 6.45) is 2.38. The van der Waals surface area contributed by atoms with Crippen LogP contribution in [-0.2, 0) is 13.6 Å². The van der Waals surface area contributed by atoms with Crippen LogP contribution < -0.4 is 22.3 Å². The summed E-state index contributed by atoms with van der Waals surface area (Å²) in [5.74, 6) is 1.70. The first-order valence-corrected chi connectivity index (χ1v) is 8.41. The maximum atomic E-state index is 12.3. The molecule has 3 N–H and O–H groups in total. The van der Waals surface area contributed by atoms with Crippen LogP contribution in [0, 0.1) is 5.92 Å². The van der Waals surface area contributed by atoms with Crippen molar-refractivity contribution >= 4 is 23.3 Å². The Morgan fingerprint density at radius 2 is 2.14 bits per heavy atom. The van der Waals surface area contributed by atoms with E-state index in [1.165, 1.54) is 23.8 Å². The van der Waals surface area contributed by atoms with Gasteiger partial charge < -0.3 is 11.1 Å². The summed E-state index contributed by atoms with van der Waals surface area (Å²) in [5, 5.41) is 3.68. The van der Waals surface area contributed by atoms with Crippen molar-refractivity contribution in [1.29, 1.82) is 0 Å². The van der Waals surface area contributed by atoms with Crippen molar-refractivity contribution < 1.29 is 0 Å². The smallest absolute Gasteiger partial charge is 0.332 e. The minimum Gasteiger partial charge on any atom is -0.383 e. The van der Waals surface area contributed by atoms with Crippen LogP contribution in [0.5, 0.6) is 0 Å². The minimum absolute atomic E-state index is 0.250. The highest BCUT2D eigenvalue weighted by atomic mass is 32.2. The maximum Gasteiger partial charge on any atom is 0.332 e. The zero-order valence-corrected chi connectivity index (χ0v) is 13.7. The van der Waals surface area contributed by atoms with E-state index in [9.17, 15) is 9.59 Å². The average Bonchev–Trinajstić information content (AvgIpc) is 2.94. The molecule has 7 heteroatoms. The lowest BCUT2D eigenvalue weighted by Crippen LogP contribution is -2.41. The van der Waals surface area contributed by atoms with Crippen LogP contribution >= 0.6 is 11.8 Å². The highest BCUT2D eigenvalue weighted by molar-refractivity contribution is 8.00. The molecule has 1 aromatic heterocycles. The molecule has 0 saturated carbocycles. The van der Waals surface area contributed by atoms with Gasteiger partial charge in [-0.15, -0.1) is 0 Å². The standard InChI is InChI=1S/C14H24N4O2S/c1-9(2)8-18-12(15)11(13(19)17(3)14(18)20)16-7-10-5-4-6-21-10/h9-10,16H,4-8,15H2,1-3H3. The second-order valence-corrected chi connectivity index (χ2v) is 7.34. The molecule has 1 atom stereocenters. The zero-order chi connectivity index (χ0) is 15.6. The van der Waals surface area contributed by atoms with Gasteiger partial charge in [-0.25, -0.2) is 4.79 Å². The van der Waals surface area contributed by atoms with Crippen LogP contribution in [0.25, 0.3) is 0 Å². The second kappa shape index (κ2) is 6.60. The van der Waals surface area contributed by atoms with Crippen LogP contribution in [0.1, 0.15) is 26.7 Å². The first kappa shape index (κ1) is 16.0. The molecular weight excluding hydrogens is 288 g/mol. The summed E-state index contributed by atoms with van der Waals surface area (Å²) < 4.78 is 2.61. The van der Waals surface area contributed by atoms with Crippen molar-refractivity contribution in [1.82, 2.24) is 9.13 Å². The minimum atomic E-state index is -0.355. The van der Waals surface area contributed by atoms with Gasteiger partial charge in [0.25, 0.3) is 5.56 Å². The summed E-state index contributed by atoms with van der Waals surface area (Å²) in [5.41, 5.74) is 5.72. The van der Waals surface area contributed by atoms with E-state index in [-0.39, 0.29) is 23.0 Å². The zero-order valence-electron chi connectivity index (χ0n) is 12.9. The van der Waals surface area contributed by atoms with E-state index in [4.69, 9.17) is 5.73 Å². The average molecular weight is 312 g/mol. The SMILES string of the molecule is CC(C)Cn1c(N)c(NCC2CCCS2)c(=O)n(C)c1=O. The molecule has 0 aromatic carbocycles. The first-order valence-electron chi connectivity index (χ1n) is 7.36. The van der Waals surface area contributed by atoms with Gasteiger partial charge in [-0.2, -0.15) is 11.8 Å². The number of thioether (sulfide) groups is 1. The number of rotatable bonds is 5. The molecule has 2 heterocycles. The van der Waals surface area contributed by atoms with Gasteiger partial charge in [-0.1, -0.05) is 13.8 Å². The number of nitrogens with two attached hydrogens (primary N) is 1. The maximum absolute atomic E-state index is 12.3. The lowest BCUT2D eigenvalue weighted by atomic mass is 10.2. The summed E-state index contributed by atoms with van der Waals surface area (Å²) in [7, 11) is 1.50. The van der Waals surface area contributed by atoms with E-state index in [0.29, 0.717) is 24.0 Å². The van der Waals surface area contributed by atoms with Crippen LogP contribution in [0.4, 0.5) is 11.5 Å². The third kappa shape index (κ3) is 3.45. The van der Waals surface area contributed by atoms with Crippen molar-refractivity contribution in [3.63, 3.8) is 0 Å². The number of aromatic nitrogens is 2. The predicted molar refractivity (Wildman–Crippen MR) is 89.2 cm³/mol. The Bertz CT molecular complexity index is 615. The number of nitrogens with zero attached hydrogens (tertiary/aromatic N) is 2. The van der Waals surface area contributed by atoms with E-state index in [0.717, 1.165) is 11.0 Å². The van der Waals surface area contributed by atoms with Gasteiger partial charge in [0.05, 0.1) is 0 Å². The number of nitrogen functional groups attached to an aromatic ring is 1. The van der Waals surface area contributed by atoms with E-state index in [2.05, 4.69) is 5.32 Å². The Morgan fingerprint density at radius 3 is 2.71 bits per heavy atom. The van der Waals surface area contributed by atoms with Crippen LogP contribution in [0.3, 0.4) is 0 Å². The lowest BCUT2D eigenvalue weighted by molar-refractivity contribution is 0.494. The van der Waals surface area contributed by atoms with Crippen molar-refractivity contribution in [3.05, 3.63) is 20.8 Å². The highest BCUT2D eigenvalue weighted by Gasteiger charge is 2.19. The van der Waals surface area contributed by atoms with Gasteiger partial charge in [0.1, 0.15) is 11.5 Å². The molecule has 0 bridgehead atoms. The molecular formula is C14H24N4O2S. The van der Waals surface area contributed by atoms with Crippen LogP contribution in [-0.4, -0.2) is 26.7 Å². The predicted octanol–water partition coefficient (Wildman–Crippen LogP) is 1.09. The quantitative estimate of drug-likeness (QED) is 0.850. The van der Waals surface area contributed by atoms with E-state index >= 15 is 0 Å². The van der Waals surface area contributed by atoms with E-state index in [1.54, 1.807) is 0 Å². The number of anilines is 2. The molecule has 1 aliphatic rings. The largest absolute Gasteiger partial charge is 0.383 e. The number of hydrogen-bond donors (Lipinski definition) is 2. The summed E-state index contributed by atoms with van der Waals surface area (Å²) in [6, 6.07) is 0. The molecule has 1 unspecified atom stereocenters. The Morgan fingerprint density at radius 1 is 1.43 bits per heavy atom. The molecule has 0 spiro atoms. The van der Waals surface area contributed by atoms with Crippen molar-refractivity contribution in [2.24, 2.45) is 13.0 Å². The third-order valence-corrected chi connectivity index (χ3v) is 5.06. The van der Waals surface area contributed by atoms with Gasteiger partial charge in [0.2, 0.25) is 0 Å². The lowest BCUT2D eigenvalue weighted by Gasteiger charge is -2.18. The molecule has 0 amide bonds. The van der Waals surface area contributed by atoms with Crippen LogP contribution in [0.15, 0.2) is 9.59 Å². The van der Waals surface area contributed by atoms with Gasteiger partial charge in [-0.05, 0) is 24.5 Å². The first-order chi connectivity index (χ1) is 9.91. The molecule has 0 radical (unpaired) electrons. The molecule has 2 rings (SSSR count). The van der Waals surface area contributed by atoms with E-state index in [1.807, 2.05) is 25.6 Å². The number of hydrogen-bond acceptors (Lipinski definition) is 5. The Kier molecular flexibility index (Phi) is 5.03. The van der Waals surface area contributed by atoms with Crippen LogP contribution in [0.2, 0.25) is 0 Å². The molecule has 0 aliphatic carbocycles. The molecule has 1 aromatic rings.